The van der Waals surface area contributed by atoms with Gasteiger partial charge in [0.05, 0.1) is 23.7 Å². The smallest absolute Gasteiger partial charge is 0.411 e. The summed E-state index contributed by atoms with van der Waals surface area (Å²) >= 11 is 0. The van der Waals surface area contributed by atoms with Crippen LogP contribution in [0.2, 0.25) is 0 Å². The molecule has 332 valence electrons. The van der Waals surface area contributed by atoms with Crippen molar-refractivity contribution in [2.24, 2.45) is 17.8 Å². The van der Waals surface area contributed by atoms with E-state index in [9.17, 15) is 29.7 Å². The number of unbranched alkanes of at least 4 members (excludes halogenated alkanes) is 2. The minimum absolute atomic E-state index is 0.160. The average Bonchev–Trinajstić information content (AvgIpc) is 3.15. The van der Waals surface area contributed by atoms with Gasteiger partial charge >= 0.3 is 18.2 Å². The summed E-state index contributed by atoms with van der Waals surface area (Å²) in [5, 5.41) is 41.9. The number of esters is 1. The summed E-state index contributed by atoms with van der Waals surface area (Å²) in [6.07, 6.45) is -5.28. The quantitative estimate of drug-likeness (QED) is 0.112. The SMILES string of the molecule is CCCCCNC(=O)O[C@@H]1[C@@H](C)N(C)C[C@H](C)C[C@@](C)(O)[C@H](O[C@@H]2O[C@H](C)C[C@H](N(C)C)[C@H]2O)[C@@H](C)[C@H](OC(=O)Nc2ccccc2)[C@@H](C)C(=O)O[C@H](CC)[C@@]1(C)O. The van der Waals surface area contributed by atoms with E-state index in [1.165, 1.54) is 6.92 Å². The highest BCUT2D eigenvalue weighted by Crippen LogP contribution is 2.38. The van der Waals surface area contributed by atoms with Gasteiger partial charge in [-0.15, -0.1) is 0 Å². The highest BCUT2D eigenvalue weighted by atomic mass is 16.7. The third kappa shape index (κ3) is 13.2. The molecule has 2 aliphatic rings. The van der Waals surface area contributed by atoms with Crippen molar-refractivity contribution in [2.45, 2.75) is 167 Å². The number of rotatable bonds is 11. The fourth-order valence-corrected chi connectivity index (χ4v) is 8.65. The molecule has 0 unspecified atom stereocenters. The summed E-state index contributed by atoms with van der Waals surface area (Å²) in [5.74, 6) is -3.08. The lowest BCUT2D eigenvalue weighted by atomic mass is 9.77. The predicted octanol–water partition coefficient (Wildman–Crippen LogP) is 5.16. The van der Waals surface area contributed by atoms with Crippen molar-refractivity contribution < 1.29 is 53.4 Å². The number of hydrogen-bond donors (Lipinski definition) is 5. The maximum atomic E-state index is 14.4. The molecular formula is C43H74N4O11. The molecule has 2 amide bonds. The molecule has 3 rings (SSSR count). The van der Waals surface area contributed by atoms with E-state index in [4.69, 9.17) is 23.7 Å². The number of hydrogen-bond acceptors (Lipinski definition) is 13. The molecule has 14 atom stereocenters. The van der Waals surface area contributed by atoms with Crippen molar-refractivity contribution in [3.63, 3.8) is 0 Å². The first kappa shape index (κ1) is 49.3. The van der Waals surface area contributed by atoms with Gasteiger partial charge in [-0.2, -0.15) is 0 Å². The number of benzene rings is 1. The van der Waals surface area contributed by atoms with Gasteiger partial charge in [0.2, 0.25) is 0 Å². The fourth-order valence-electron chi connectivity index (χ4n) is 8.65. The number of ether oxygens (including phenoxy) is 5. The molecule has 15 nitrogen and oxygen atoms in total. The molecule has 2 saturated heterocycles. The zero-order valence-corrected chi connectivity index (χ0v) is 37.0. The highest BCUT2D eigenvalue weighted by Gasteiger charge is 2.52. The van der Waals surface area contributed by atoms with E-state index in [1.54, 1.807) is 58.0 Å². The van der Waals surface area contributed by atoms with Crippen LogP contribution in [0.5, 0.6) is 0 Å². The molecule has 2 fully saturated rings. The number of nitrogens with zero attached hydrogens (tertiary/aromatic N) is 2. The number of cyclic esters (lactones) is 1. The Bertz CT molecular complexity index is 1430. The standard InChI is InChI=1S/C43H74N4O11/c1-13-15-19-22-44-40(50)58-37-30(7)47(12)25-26(3)24-42(8,52)36(57-39-34(48)32(46(10)11)23-27(4)54-39)28(5)35(56-41(51)45-31-20-17-16-18-21-31)29(6)38(49)55-33(14-2)43(37,9)53/h16-18,20-21,26-30,32-37,39,48,52-53H,13-15,19,22-25H2,1-12H3,(H,44,50)(H,45,51)/t26-,27-,28+,29-,30-,32+,33-,34-,35+,36-,37-,39+,42-,43-/m1/s1. The average molecular weight is 823 g/mol. The Kier molecular flexibility index (Phi) is 18.7. The number of anilines is 1. The second-order valence-corrected chi connectivity index (χ2v) is 17.5. The Morgan fingerprint density at radius 2 is 1.64 bits per heavy atom. The summed E-state index contributed by atoms with van der Waals surface area (Å²) in [6, 6.07) is 7.80. The molecular weight excluding hydrogens is 748 g/mol. The van der Waals surface area contributed by atoms with Crippen molar-refractivity contribution in [1.29, 1.82) is 0 Å². The van der Waals surface area contributed by atoms with Gasteiger partial charge in [-0.1, -0.05) is 58.7 Å². The molecule has 2 heterocycles. The van der Waals surface area contributed by atoms with Crippen LogP contribution >= 0.6 is 0 Å². The maximum absolute atomic E-state index is 14.4. The lowest BCUT2D eigenvalue weighted by Crippen LogP contribution is -2.61. The summed E-state index contributed by atoms with van der Waals surface area (Å²) in [7, 11) is 5.57. The van der Waals surface area contributed by atoms with Gasteiger partial charge in [-0.25, -0.2) is 9.59 Å². The van der Waals surface area contributed by atoms with Crippen molar-refractivity contribution in [3.8, 4) is 0 Å². The Morgan fingerprint density at radius 3 is 2.24 bits per heavy atom. The van der Waals surface area contributed by atoms with E-state index in [0.717, 1.165) is 19.3 Å². The number of carbonyl (C=O) groups excluding carboxylic acids is 3. The molecule has 0 spiro atoms. The molecule has 0 radical (unpaired) electrons. The normalized spacial score (nSPS) is 37.2. The number of likely N-dealkylation sites (N-methyl/N-ethyl adjacent to an activating group) is 2. The summed E-state index contributed by atoms with van der Waals surface area (Å²) < 4.78 is 31.1. The van der Waals surface area contributed by atoms with E-state index >= 15 is 0 Å². The summed E-state index contributed by atoms with van der Waals surface area (Å²) in [5.41, 5.74) is -3.06. The molecule has 0 aliphatic carbocycles. The van der Waals surface area contributed by atoms with Crippen molar-refractivity contribution in [3.05, 3.63) is 30.3 Å². The van der Waals surface area contributed by atoms with Gasteiger partial charge in [-0.05, 0) is 99.5 Å². The fraction of sp³-hybridized carbons (Fsp3) is 0.791. The van der Waals surface area contributed by atoms with E-state index in [1.807, 2.05) is 51.7 Å². The second-order valence-electron chi connectivity index (χ2n) is 17.5. The molecule has 0 bridgehead atoms. The highest BCUT2D eigenvalue weighted by molar-refractivity contribution is 5.85. The first-order chi connectivity index (χ1) is 27.1. The lowest BCUT2D eigenvalue weighted by Gasteiger charge is -2.47. The van der Waals surface area contributed by atoms with Gasteiger partial charge in [-0.3, -0.25) is 15.0 Å². The zero-order chi connectivity index (χ0) is 43.5. The molecule has 58 heavy (non-hydrogen) atoms. The van der Waals surface area contributed by atoms with Crippen LogP contribution < -0.4 is 10.6 Å². The monoisotopic (exact) mass is 823 g/mol. The topological polar surface area (TPSA) is 189 Å². The molecule has 0 saturated carbocycles. The van der Waals surface area contributed by atoms with Gasteiger partial charge in [0.25, 0.3) is 0 Å². The predicted molar refractivity (Wildman–Crippen MR) is 221 cm³/mol. The van der Waals surface area contributed by atoms with E-state index in [-0.39, 0.29) is 30.9 Å². The Balaban J connectivity index is 2.14. The zero-order valence-electron chi connectivity index (χ0n) is 37.0. The summed E-state index contributed by atoms with van der Waals surface area (Å²) in [6.45, 7) is 16.7. The Hall–Kier alpha value is -3.05. The van der Waals surface area contributed by atoms with Crippen LogP contribution in [0.3, 0.4) is 0 Å². The third-order valence-corrected chi connectivity index (χ3v) is 11.9. The van der Waals surface area contributed by atoms with Crippen molar-refractivity contribution >= 4 is 23.8 Å². The third-order valence-electron chi connectivity index (χ3n) is 11.9. The minimum Gasteiger partial charge on any atom is -0.459 e. The van der Waals surface area contributed by atoms with E-state index < -0.39 is 84.0 Å². The molecule has 0 aromatic heterocycles. The van der Waals surface area contributed by atoms with E-state index in [0.29, 0.717) is 25.2 Å². The molecule has 2 aliphatic heterocycles. The van der Waals surface area contributed by atoms with Crippen molar-refractivity contribution in [1.82, 2.24) is 15.1 Å². The van der Waals surface area contributed by atoms with Crippen LogP contribution in [0.15, 0.2) is 30.3 Å². The van der Waals surface area contributed by atoms with Crippen LogP contribution in [0.25, 0.3) is 0 Å². The summed E-state index contributed by atoms with van der Waals surface area (Å²) in [4.78, 5) is 45.0. The Morgan fingerprint density at radius 1 is 0.983 bits per heavy atom. The van der Waals surface area contributed by atoms with Crippen LogP contribution in [0.1, 0.15) is 101 Å². The van der Waals surface area contributed by atoms with Gasteiger partial charge in [0.1, 0.15) is 23.9 Å². The lowest BCUT2D eigenvalue weighted by molar-refractivity contribution is -0.299. The first-order valence-corrected chi connectivity index (χ1v) is 21.1. The van der Waals surface area contributed by atoms with Crippen LogP contribution in [0, 0.1) is 17.8 Å². The van der Waals surface area contributed by atoms with Gasteiger partial charge in [0.15, 0.2) is 12.4 Å². The number of para-hydroxylation sites is 1. The van der Waals surface area contributed by atoms with Crippen LogP contribution in [-0.4, -0.2) is 144 Å². The van der Waals surface area contributed by atoms with Crippen molar-refractivity contribution in [2.75, 3.05) is 39.5 Å². The molecule has 1 aromatic carbocycles. The van der Waals surface area contributed by atoms with Crippen LogP contribution in [0.4, 0.5) is 15.3 Å². The number of carbonyl (C=O) groups is 3. The molecule has 5 N–H and O–H groups in total. The first-order valence-electron chi connectivity index (χ1n) is 21.1. The molecule has 1 aromatic rings. The Labute approximate surface area is 346 Å². The number of alkyl carbamates (subject to hydrolysis) is 1. The number of nitrogens with one attached hydrogen (secondary N) is 2. The number of aliphatic hydroxyl groups is 3. The van der Waals surface area contributed by atoms with Crippen LogP contribution in [-0.2, 0) is 28.5 Å². The van der Waals surface area contributed by atoms with Gasteiger partial charge < -0.3 is 49.2 Å². The number of amides is 2. The van der Waals surface area contributed by atoms with E-state index in [2.05, 4.69) is 17.6 Å². The minimum atomic E-state index is -1.88. The maximum Gasteiger partial charge on any atom is 0.411 e. The second kappa shape index (κ2) is 22.0. The molecule has 15 heteroatoms. The number of aliphatic hydroxyl groups excluding tert-OH is 1. The largest absolute Gasteiger partial charge is 0.459 e. The van der Waals surface area contributed by atoms with Gasteiger partial charge in [0, 0.05) is 36.8 Å².